The van der Waals surface area contributed by atoms with Crippen LogP contribution in [-0.4, -0.2) is 18.9 Å². The number of aryl methyl sites for hydroxylation is 1. The van der Waals surface area contributed by atoms with Gasteiger partial charge in [0.15, 0.2) is 0 Å². The molecule has 0 saturated carbocycles. The van der Waals surface area contributed by atoms with Crippen LogP contribution in [0.5, 0.6) is 0 Å². The van der Waals surface area contributed by atoms with Crippen molar-refractivity contribution in [2.24, 2.45) is 0 Å². The average molecular weight is 189 g/mol. The summed E-state index contributed by atoms with van der Waals surface area (Å²) in [4.78, 5) is 11.6. The topological polar surface area (TPSA) is 29.1 Å². The minimum atomic E-state index is 0.0735. The molecular weight excluding hydrogens is 174 g/mol. The molecule has 2 nitrogen and oxygen atoms in total. The summed E-state index contributed by atoms with van der Waals surface area (Å²) in [6.45, 7) is 3.69. The van der Waals surface area contributed by atoms with E-state index < -0.39 is 0 Å². The summed E-state index contributed by atoms with van der Waals surface area (Å²) < 4.78 is 0. The fraction of sp³-hybridized carbons (Fsp3) is 0.417. The predicted molar refractivity (Wildman–Crippen MR) is 56.4 cm³/mol. The Kier molecular flexibility index (Phi) is 2.64. The van der Waals surface area contributed by atoms with Gasteiger partial charge in [0.1, 0.15) is 5.78 Å². The van der Waals surface area contributed by atoms with Gasteiger partial charge in [-0.15, -0.1) is 0 Å². The van der Waals surface area contributed by atoms with Gasteiger partial charge in [0.05, 0.1) is 5.92 Å². The van der Waals surface area contributed by atoms with E-state index in [-0.39, 0.29) is 5.92 Å². The Morgan fingerprint density at radius 3 is 2.64 bits per heavy atom. The minimum absolute atomic E-state index is 0.0735. The third-order valence-electron chi connectivity index (χ3n) is 2.77. The molecule has 14 heavy (non-hydrogen) atoms. The van der Waals surface area contributed by atoms with Crippen LogP contribution in [0, 0.1) is 6.92 Å². The standard InChI is InChI=1S/C12H15NO/c1-9-2-4-10(5-3-9)11-8-13-7-6-12(11)14/h2-5,11,13H,6-8H2,1H3. The lowest BCUT2D eigenvalue weighted by atomic mass is 9.90. The van der Waals surface area contributed by atoms with Crippen molar-refractivity contribution in [2.45, 2.75) is 19.3 Å². The van der Waals surface area contributed by atoms with Crippen LogP contribution in [0.4, 0.5) is 0 Å². The molecule has 2 rings (SSSR count). The van der Waals surface area contributed by atoms with Crippen LogP contribution in [-0.2, 0) is 4.79 Å². The van der Waals surface area contributed by atoms with Gasteiger partial charge < -0.3 is 5.32 Å². The van der Waals surface area contributed by atoms with Crippen LogP contribution < -0.4 is 5.32 Å². The van der Waals surface area contributed by atoms with E-state index in [2.05, 4.69) is 36.5 Å². The number of piperidine rings is 1. The molecule has 1 aromatic carbocycles. The summed E-state index contributed by atoms with van der Waals surface area (Å²) >= 11 is 0. The van der Waals surface area contributed by atoms with Crippen LogP contribution in [0.2, 0.25) is 0 Å². The summed E-state index contributed by atoms with van der Waals surface area (Å²) in [5.41, 5.74) is 2.39. The van der Waals surface area contributed by atoms with Crippen molar-refractivity contribution in [3.8, 4) is 0 Å². The first-order valence-electron chi connectivity index (χ1n) is 5.07. The van der Waals surface area contributed by atoms with Crippen molar-refractivity contribution in [3.63, 3.8) is 0 Å². The third-order valence-corrected chi connectivity index (χ3v) is 2.77. The number of benzene rings is 1. The second kappa shape index (κ2) is 3.93. The molecule has 0 aliphatic carbocycles. The highest BCUT2D eigenvalue weighted by atomic mass is 16.1. The lowest BCUT2D eigenvalue weighted by Crippen LogP contribution is -2.35. The average Bonchev–Trinajstić information content (AvgIpc) is 2.20. The van der Waals surface area contributed by atoms with Crippen LogP contribution >= 0.6 is 0 Å². The fourth-order valence-corrected chi connectivity index (χ4v) is 1.85. The molecule has 0 bridgehead atoms. The third kappa shape index (κ3) is 1.85. The van der Waals surface area contributed by atoms with Gasteiger partial charge in [-0.3, -0.25) is 4.79 Å². The first-order chi connectivity index (χ1) is 6.77. The van der Waals surface area contributed by atoms with E-state index in [1.807, 2.05) is 0 Å². The van der Waals surface area contributed by atoms with Gasteiger partial charge in [0.2, 0.25) is 0 Å². The quantitative estimate of drug-likeness (QED) is 0.727. The fourth-order valence-electron chi connectivity index (χ4n) is 1.85. The Balaban J connectivity index is 2.20. The first-order valence-corrected chi connectivity index (χ1v) is 5.07. The van der Waals surface area contributed by atoms with Crippen LogP contribution in [0.25, 0.3) is 0 Å². The second-order valence-electron chi connectivity index (χ2n) is 3.88. The number of ketones is 1. The summed E-state index contributed by atoms with van der Waals surface area (Å²) in [7, 11) is 0. The van der Waals surface area contributed by atoms with Gasteiger partial charge in [-0.2, -0.15) is 0 Å². The molecule has 74 valence electrons. The van der Waals surface area contributed by atoms with Gasteiger partial charge in [-0.25, -0.2) is 0 Å². The molecule has 1 aromatic rings. The summed E-state index contributed by atoms with van der Waals surface area (Å²) in [5.74, 6) is 0.442. The first kappa shape index (κ1) is 9.41. The van der Waals surface area contributed by atoms with Crippen LogP contribution in [0.15, 0.2) is 24.3 Å². The monoisotopic (exact) mass is 189 g/mol. The van der Waals surface area contributed by atoms with E-state index in [0.717, 1.165) is 18.7 Å². The lowest BCUT2D eigenvalue weighted by Gasteiger charge is -2.21. The number of hydrogen-bond donors (Lipinski definition) is 1. The Labute approximate surface area is 84.3 Å². The molecular formula is C12H15NO. The van der Waals surface area contributed by atoms with Gasteiger partial charge in [0.25, 0.3) is 0 Å². The summed E-state index contributed by atoms with van der Waals surface area (Å²) in [6, 6.07) is 8.25. The van der Waals surface area contributed by atoms with Gasteiger partial charge in [-0.05, 0) is 12.5 Å². The molecule has 0 aromatic heterocycles. The number of rotatable bonds is 1. The molecule has 2 heteroatoms. The highest BCUT2D eigenvalue weighted by Crippen LogP contribution is 2.20. The molecule has 1 N–H and O–H groups in total. The van der Waals surface area contributed by atoms with E-state index in [0.29, 0.717) is 12.2 Å². The van der Waals surface area contributed by atoms with Crippen molar-refractivity contribution in [3.05, 3.63) is 35.4 Å². The zero-order valence-corrected chi connectivity index (χ0v) is 8.42. The van der Waals surface area contributed by atoms with Gasteiger partial charge >= 0.3 is 0 Å². The van der Waals surface area contributed by atoms with E-state index in [1.165, 1.54) is 5.56 Å². The normalized spacial score (nSPS) is 22.4. The van der Waals surface area contributed by atoms with Crippen molar-refractivity contribution in [1.29, 1.82) is 0 Å². The predicted octanol–water partition coefficient (Wildman–Crippen LogP) is 1.64. The highest BCUT2D eigenvalue weighted by molar-refractivity contribution is 5.86. The van der Waals surface area contributed by atoms with Crippen molar-refractivity contribution in [1.82, 2.24) is 5.32 Å². The number of carbonyl (C=O) groups excluding carboxylic acids is 1. The summed E-state index contributed by atoms with van der Waals surface area (Å²) in [6.07, 6.45) is 0.665. The molecule has 0 radical (unpaired) electrons. The van der Waals surface area contributed by atoms with Gasteiger partial charge in [0, 0.05) is 19.5 Å². The SMILES string of the molecule is Cc1ccc(C2CNCCC2=O)cc1. The van der Waals surface area contributed by atoms with Crippen molar-refractivity contribution in [2.75, 3.05) is 13.1 Å². The zero-order chi connectivity index (χ0) is 9.97. The largest absolute Gasteiger partial charge is 0.315 e. The molecule has 1 atom stereocenters. The Bertz CT molecular complexity index is 329. The number of nitrogens with one attached hydrogen (secondary N) is 1. The second-order valence-corrected chi connectivity index (χ2v) is 3.88. The maximum absolute atomic E-state index is 11.6. The molecule has 1 heterocycles. The molecule has 1 fully saturated rings. The number of carbonyl (C=O) groups is 1. The van der Waals surface area contributed by atoms with E-state index in [1.54, 1.807) is 0 Å². The maximum Gasteiger partial charge on any atom is 0.142 e. The minimum Gasteiger partial charge on any atom is -0.315 e. The smallest absolute Gasteiger partial charge is 0.142 e. The van der Waals surface area contributed by atoms with Crippen molar-refractivity contribution < 1.29 is 4.79 Å². The molecule has 0 amide bonds. The Morgan fingerprint density at radius 1 is 1.29 bits per heavy atom. The lowest BCUT2D eigenvalue weighted by molar-refractivity contribution is -0.121. The van der Waals surface area contributed by atoms with Crippen LogP contribution in [0.1, 0.15) is 23.5 Å². The van der Waals surface area contributed by atoms with E-state index in [4.69, 9.17) is 0 Å². The van der Waals surface area contributed by atoms with E-state index in [9.17, 15) is 4.79 Å². The van der Waals surface area contributed by atoms with E-state index >= 15 is 0 Å². The maximum atomic E-state index is 11.6. The Hall–Kier alpha value is -1.15. The number of hydrogen-bond acceptors (Lipinski definition) is 2. The van der Waals surface area contributed by atoms with Crippen molar-refractivity contribution >= 4 is 5.78 Å². The van der Waals surface area contributed by atoms with Gasteiger partial charge in [-0.1, -0.05) is 29.8 Å². The molecule has 1 aliphatic heterocycles. The molecule has 1 saturated heterocycles. The highest BCUT2D eigenvalue weighted by Gasteiger charge is 2.22. The van der Waals surface area contributed by atoms with Crippen LogP contribution in [0.3, 0.4) is 0 Å². The molecule has 1 unspecified atom stereocenters. The Morgan fingerprint density at radius 2 is 2.00 bits per heavy atom. The summed E-state index contributed by atoms with van der Waals surface area (Å²) in [5, 5.41) is 3.26. The molecule has 0 spiro atoms. The zero-order valence-electron chi connectivity index (χ0n) is 8.42. The molecule has 1 aliphatic rings. The number of Topliss-reactive ketones (excluding diaryl/α,β-unsaturated/α-hetero) is 1.